The summed E-state index contributed by atoms with van der Waals surface area (Å²) in [4.78, 5) is 19.5. The molecule has 5 heteroatoms. The van der Waals surface area contributed by atoms with E-state index in [1.807, 2.05) is 12.1 Å². The molecule has 0 bridgehead atoms. The van der Waals surface area contributed by atoms with Crippen molar-refractivity contribution in [2.75, 3.05) is 19.0 Å². The first-order chi connectivity index (χ1) is 9.70. The van der Waals surface area contributed by atoms with E-state index in [1.54, 1.807) is 6.20 Å². The average molecular weight is 271 g/mol. The molecule has 1 aromatic heterocycles. The highest BCUT2D eigenvalue weighted by Crippen LogP contribution is 2.08. The van der Waals surface area contributed by atoms with Crippen LogP contribution in [0.3, 0.4) is 0 Å². The number of anilines is 1. The molecule has 0 radical (unpaired) electrons. The topological polar surface area (TPSA) is 64.1 Å². The van der Waals surface area contributed by atoms with Gasteiger partial charge in [0.25, 0.3) is 0 Å². The van der Waals surface area contributed by atoms with Gasteiger partial charge in [-0.15, -0.1) is 0 Å². The van der Waals surface area contributed by atoms with E-state index in [0.717, 1.165) is 13.0 Å². The van der Waals surface area contributed by atoms with Crippen LogP contribution in [0.15, 0.2) is 36.7 Å². The molecule has 1 heterocycles. The molecule has 1 N–H and O–H groups in total. The molecule has 0 amide bonds. The average Bonchev–Trinajstić information content (AvgIpc) is 2.49. The molecule has 104 valence electrons. The SMILES string of the molecule is COC(=O)c1cncc(NCCc2ccccc2C)n1. The van der Waals surface area contributed by atoms with Gasteiger partial charge in [0.2, 0.25) is 0 Å². The molecule has 0 spiro atoms. The van der Waals surface area contributed by atoms with Crippen LogP contribution >= 0.6 is 0 Å². The summed E-state index contributed by atoms with van der Waals surface area (Å²) in [6.07, 6.45) is 3.86. The Morgan fingerprint density at radius 3 is 2.85 bits per heavy atom. The number of aromatic nitrogens is 2. The predicted molar refractivity (Wildman–Crippen MR) is 76.7 cm³/mol. The highest BCUT2D eigenvalue weighted by Gasteiger charge is 2.08. The van der Waals surface area contributed by atoms with Gasteiger partial charge in [0.1, 0.15) is 5.82 Å². The zero-order valence-electron chi connectivity index (χ0n) is 11.6. The van der Waals surface area contributed by atoms with Crippen molar-refractivity contribution < 1.29 is 9.53 Å². The molecule has 5 nitrogen and oxygen atoms in total. The Hall–Kier alpha value is -2.43. The van der Waals surface area contributed by atoms with Crippen LogP contribution in [0.1, 0.15) is 21.6 Å². The first kappa shape index (κ1) is 14.0. The van der Waals surface area contributed by atoms with Crippen LogP contribution in [0, 0.1) is 6.92 Å². The molecule has 0 fully saturated rings. The van der Waals surface area contributed by atoms with Crippen molar-refractivity contribution in [3.63, 3.8) is 0 Å². The molecular formula is C15H17N3O2. The Kier molecular flexibility index (Phi) is 4.65. The minimum atomic E-state index is -0.486. The van der Waals surface area contributed by atoms with Gasteiger partial charge in [-0.3, -0.25) is 4.98 Å². The minimum absolute atomic E-state index is 0.202. The second kappa shape index (κ2) is 6.65. The number of nitrogens with zero attached hydrogens (tertiary/aromatic N) is 2. The van der Waals surface area contributed by atoms with Crippen LogP contribution in [-0.4, -0.2) is 29.6 Å². The van der Waals surface area contributed by atoms with Crippen molar-refractivity contribution in [3.8, 4) is 0 Å². The van der Waals surface area contributed by atoms with Gasteiger partial charge in [-0.2, -0.15) is 0 Å². The fraction of sp³-hybridized carbons (Fsp3) is 0.267. The number of benzene rings is 1. The third-order valence-electron chi connectivity index (χ3n) is 2.99. The number of hydrogen-bond acceptors (Lipinski definition) is 5. The maximum absolute atomic E-state index is 11.4. The second-order valence-electron chi connectivity index (χ2n) is 4.38. The van der Waals surface area contributed by atoms with E-state index in [-0.39, 0.29) is 5.69 Å². The number of rotatable bonds is 5. The van der Waals surface area contributed by atoms with Crippen molar-refractivity contribution >= 4 is 11.8 Å². The molecule has 2 rings (SSSR count). The van der Waals surface area contributed by atoms with Crippen LogP contribution in [0.2, 0.25) is 0 Å². The number of esters is 1. The Morgan fingerprint density at radius 1 is 1.30 bits per heavy atom. The Bertz CT molecular complexity index is 599. The number of carbonyl (C=O) groups excluding carboxylic acids is 1. The number of hydrogen-bond donors (Lipinski definition) is 1. The largest absolute Gasteiger partial charge is 0.464 e. The maximum Gasteiger partial charge on any atom is 0.358 e. The van der Waals surface area contributed by atoms with Crippen LogP contribution in [0.4, 0.5) is 5.82 Å². The summed E-state index contributed by atoms with van der Waals surface area (Å²) in [5, 5.41) is 3.16. The Morgan fingerprint density at radius 2 is 2.10 bits per heavy atom. The van der Waals surface area contributed by atoms with Gasteiger partial charge in [-0.25, -0.2) is 9.78 Å². The van der Waals surface area contributed by atoms with Gasteiger partial charge < -0.3 is 10.1 Å². The predicted octanol–water partition coefficient (Wildman–Crippen LogP) is 2.23. The molecule has 0 atom stereocenters. The van der Waals surface area contributed by atoms with E-state index < -0.39 is 5.97 Å². The highest BCUT2D eigenvalue weighted by molar-refractivity contribution is 5.87. The monoisotopic (exact) mass is 271 g/mol. The van der Waals surface area contributed by atoms with Gasteiger partial charge in [0.05, 0.1) is 19.5 Å². The summed E-state index contributed by atoms with van der Waals surface area (Å²) >= 11 is 0. The highest BCUT2D eigenvalue weighted by atomic mass is 16.5. The maximum atomic E-state index is 11.4. The lowest BCUT2D eigenvalue weighted by molar-refractivity contribution is 0.0593. The molecule has 0 unspecified atom stereocenters. The van der Waals surface area contributed by atoms with Crippen molar-refractivity contribution in [2.24, 2.45) is 0 Å². The summed E-state index contributed by atoms with van der Waals surface area (Å²) in [6, 6.07) is 8.25. The third kappa shape index (κ3) is 3.54. The first-order valence-corrected chi connectivity index (χ1v) is 6.39. The minimum Gasteiger partial charge on any atom is -0.464 e. The van der Waals surface area contributed by atoms with E-state index >= 15 is 0 Å². The van der Waals surface area contributed by atoms with Gasteiger partial charge in [0, 0.05) is 6.54 Å². The number of ether oxygens (including phenoxy) is 1. The first-order valence-electron chi connectivity index (χ1n) is 6.39. The van der Waals surface area contributed by atoms with Gasteiger partial charge in [-0.05, 0) is 24.5 Å². The Balaban J connectivity index is 1.94. The number of methoxy groups -OCH3 is 1. The zero-order valence-corrected chi connectivity index (χ0v) is 11.6. The normalized spacial score (nSPS) is 10.1. The zero-order chi connectivity index (χ0) is 14.4. The number of nitrogens with one attached hydrogen (secondary N) is 1. The smallest absolute Gasteiger partial charge is 0.358 e. The molecule has 20 heavy (non-hydrogen) atoms. The number of aryl methyl sites for hydroxylation is 1. The van der Waals surface area contributed by atoms with E-state index in [4.69, 9.17) is 0 Å². The van der Waals surface area contributed by atoms with Gasteiger partial charge in [-0.1, -0.05) is 24.3 Å². The molecule has 0 saturated carbocycles. The van der Waals surface area contributed by atoms with Gasteiger partial charge in [0.15, 0.2) is 5.69 Å². The quantitative estimate of drug-likeness (QED) is 0.845. The lowest BCUT2D eigenvalue weighted by Crippen LogP contribution is -2.11. The molecule has 2 aromatic rings. The third-order valence-corrected chi connectivity index (χ3v) is 2.99. The molecule has 0 saturated heterocycles. The molecule has 0 aliphatic carbocycles. The van der Waals surface area contributed by atoms with Crippen LogP contribution in [0.5, 0.6) is 0 Å². The summed E-state index contributed by atoms with van der Waals surface area (Å²) < 4.78 is 4.61. The second-order valence-corrected chi connectivity index (χ2v) is 4.38. The van der Waals surface area contributed by atoms with Crippen molar-refractivity contribution in [2.45, 2.75) is 13.3 Å². The van der Waals surface area contributed by atoms with E-state index in [2.05, 4.69) is 39.1 Å². The summed E-state index contributed by atoms with van der Waals surface area (Å²) in [5.74, 6) is 0.0848. The lowest BCUT2D eigenvalue weighted by Gasteiger charge is -2.08. The lowest BCUT2D eigenvalue weighted by atomic mass is 10.1. The molecule has 1 aromatic carbocycles. The standard InChI is InChI=1S/C15H17N3O2/c1-11-5-3-4-6-12(11)7-8-17-14-10-16-9-13(18-14)15(19)20-2/h3-6,9-10H,7-8H2,1-2H3,(H,17,18). The fourth-order valence-corrected chi connectivity index (χ4v) is 1.87. The summed E-state index contributed by atoms with van der Waals surface area (Å²) in [6.45, 7) is 2.82. The Labute approximate surface area is 118 Å². The van der Waals surface area contributed by atoms with Crippen LogP contribution in [0.25, 0.3) is 0 Å². The molecular weight excluding hydrogens is 254 g/mol. The van der Waals surface area contributed by atoms with Crippen molar-refractivity contribution in [1.82, 2.24) is 9.97 Å². The van der Waals surface area contributed by atoms with Crippen LogP contribution < -0.4 is 5.32 Å². The van der Waals surface area contributed by atoms with E-state index in [1.165, 1.54) is 24.4 Å². The van der Waals surface area contributed by atoms with E-state index in [0.29, 0.717) is 5.82 Å². The van der Waals surface area contributed by atoms with Gasteiger partial charge >= 0.3 is 5.97 Å². The fourth-order valence-electron chi connectivity index (χ4n) is 1.87. The van der Waals surface area contributed by atoms with E-state index in [9.17, 15) is 4.79 Å². The molecule has 0 aliphatic heterocycles. The number of carbonyl (C=O) groups is 1. The van der Waals surface area contributed by atoms with Crippen molar-refractivity contribution in [1.29, 1.82) is 0 Å². The van der Waals surface area contributed by atoms with Crippen LogP contribution in [-0.2, 0) is 11.2 Å². The molecule has 0 aliphatic rings. The summed E-state index contributed by atoms with van der Waals surface area (Å²) in [7, 11) is 1.32. The summed E-state index contributed by atoms with van der Waals surface area (Å²) in [5.41, 5.74) is 2.76. The van der Waals surface area contributed by atoms with Crippen molar-refractivity contribution in [3.05, 3.63) is 53.5 Å².